The topological polar surface area (TPSA) is 70.5 Å². The largest absolute Gasteiger partial charge is 0.377 e. The summed E-state index contributed by atoms with van der Waals surface area (Å²) in [6, 6.07) is 0.292. The smallest absolute Gasteiger partial charge is 0.0701 e. The molecule has 0 fully saturated rings. The fourth-order valence-corrected chi connectivity index (χ4v) is 0.823. The molecule has 0 rings (SSSR count). The van der Waals surface area contributed by atoms with Gasteiger partial charge < -0.3 is 20.9 Å². The minimum Gasteiger partial charge on any atom is -0.377 e. The summed E-state index contributed by atoms with van der Waals surface area (Å²) >= 11 is 0. The Morgan fingerprint density at radius 2 is 1.21 bits per heavy atom. The van der Waals surface area contributed by atoms with Crippen LogP contribution in [0.5, 0.6) is 0 Å². The van der Waals surface area contributed by atoms with Crippen LogP contribution in [0.4, 0.5) is 0 Å². The molecule has 0 aromatic rings. The molecular formula is C10H24N2O2. The third kappa shape index (κ3) is 8.44. The molecule has 86 valence electrons. The maximum Gasteiger partial charge on any atom is 0.0701 e. The SMILES string of the molecule is CCC(N)COCCOCC(N)CC. The van der Waals surface area contributed by atoms with Crippen molar-refractivity contribution < 1.29 is 9.47 Å². The van der Waals surface area contributed by atoms with Gasteiger partial charge in [0.2, 0.25) is 0 Å². The maximum atomic E-state index is 5.67. The second-order valence-corrected chi connectivity index (χ2v) is 3.49. The van der Waals surface area contributed by atoms with Crippen LogP contribution >= 0.6 is 0 Å². The highest BCUT2D eigenvalue weighted by Gasteiger charge is 2.00. The molecule has 0 bridgehead atoms. The van der Waals surface area contributed by atoms with Gasteiger partial charge in [0.1, 0.15) is 0 Å². The van der Waals surface area contributed by atoms with Crippen LogP contribution in [0.1, 0.15) is 26.7 Å². The quantitative estimate of drug-likeness (QED) is 0.536. The number of rotatable bonds is 9. The molecule has 0 aromatic carbocycles. The van der Waals surface area contributed by atoms with Crippen molar-refractivity contribution in [3.05, 3.63) is 0 Å². The van der Waals surface area contributed by atoms with E-state index in [0.717, 1.165) is 12.8 Å². The van der Waals surface area contributed by atoms with Gasteiger partial charge in [-0.3, -0.25) is 0 Å². The van der Waals surface area contributed by atoms with Gasteiger partial charge in [0.15, 0.2) is 0 Å². The van der Waals surface area contributed by atoms with Crippen LogP contribution in [-0.4, -0.2) is 38.5 Å². The predicted octanol–water partition coefficient (Wildman–Crippen LogP) is 0.494. The van der Waals surface area contributed by atoms with Crippen LogP contribution in [0.2, 0.25) is 0 Å². The van der Waals surface area contributed by atoms with E-state index >= 15 is 0 Å². The van der Waals surface area contributed by atoms with Gasteiger partial charge in [0, 0.05) is 12.1 Å². The predicted molar refractivity (Wildman–Crippen MR) is 58.2 cm³/mol. The molecule has 2 atom stereocenters. The van der Waals surface area contributed by atoms with Crippen molar-refractivity contribution in [3.63, 3.8) is 0 Å². The normalized spacial score (nSPS) is 15.4. The zero-order chi connectivity index (χ0) is 10.8. The van der Waals surface area contributed by atoms with E-state index in [-0.39, 0.29) is 12.1 Å². The van der Waals surface area contributed by atoms with Gasteiger partial charge in [-0.25, -0.2) is 0 Å². The standard InChI is InChI=1S/C10H24N2O2/c1-3-9(11)7-13-5-6-14-8-10(12)4-2/h9-10H,3-8,11-12H2,1-2H3. The van der Waals surface area contributed by atoms with Crippen molar-refractivity contribution >= 4 is 0 Å². The van der Waals surface area contributed by atoms with E-state index in [4.69, 9.17) is 20.9 Å². The molecule has 0 amide bonds. The first-order valence-corrected chi connectivity index (χ1v) is 5.37. The highest BCUT2D eigenvalue weighted by atomic mass is 16.5. The molecule has 0 aliphatic carbocycles. The number of hydrogen-bond acceptors (Lipinski definition) is 4. The molecule has 0 aliphatic heterocycles. The molecule has 0 spiro atoms. The molecule has 4 heteroatoms. The van der Waals surface area contributed by atoms with E-state index in [9.17, 15) is 0 Å². The second kappa shape index (κ2) is 9.40. The van der Waals surface area contributed by atoms with Crippen LogP contribution < -0.4 is 11.5 Å². The maximum absolute atomic E-state index is 5.67. The summed E-state index contributed by atoms with van der Waals surface area (Å²) in [7, 11) is 0. The van der Waals surface area contributed by atoms with E-state index in [2.05, 4.69) is 0 Å². The molecule has 14 heavy (non-hydrogen) atoms. The van der Waals surface area contributed by atoms with Gasteiger partial charge in [0.25, 0.3) is 0 Å². The lowest BCUT2D eigenvalue weighted by atomic mass is 10.3. The monoisotopic (exact) mass is 204 g/mol. The van der Waals surface area contributed by atoms with Crippen molar-refractivity contribution in [1.82, 2.24) is 0 Å². The summed E-state index contributed by atoms with van der Waals surface area (Å²) in [4.78, 5) is 0. The van der Waals surface area contributed by atoms with Crippen molar-refractivity contribution in [2.45, 2.75) is 38.8 Å². The van der Waals surface area contributed by atoms with Gasteiger partial charge in [-0.1, -0.05) is 13.8 Å². The fourth-order valence-electron chi connectivity index (χ4n) is 0.823. The number of hydrogen-bond donors (Lipinski definition) is 2. The van der Waals surface area contributed by atoms with E-state index in [1.807, 2.05) is 13.8 Å². The molecule has 2 unspecified atom stereocenters. The summed E-state index contributed by atoms with van der Waals surface area (Å²) in [5, 5.41) is 0. The first-order valence-electron chi connectivity index (χ1n) is 5.37. The van der Waals surface area contributed by atoms with Crippen LogP contribution in [-0.2, 0) is 9.47 Å². The lowest BCUT2D eigenvalue weighted by Crippen LogP contribution is -2.27. The van der Waals surface area contributed by atoms with Crippen LogP contribution in [0.25, 0.3) is 0 Å². The Bertz CT molecular complexity index is 109. The van der Waals surface area contributed by atoms with Gasteiger partial charge in [-0.05, 0) is 12.8 Å². The molecule has 4 nitrogen and oxygen atoms in total. The first-order chi connectivity index (χ1) is 6.70. The Morgan fingerprint density at radius 1 is 0.857 bits per heavy atom. The Morgan fingerprint density at radius 3 is 1.50 bits per heavy atom. The van der Waals surface area contributed by atoms with Crippen LogP contribution in [0, 0.1) is 0 Å². The van der Waals surface area contributed by atoms with Crippen molar-refractivity contribution in [2.24, 2.45) is 11.5 Å². The average Bonchev–Trinajstić information content (AvgIpc) is 2.22. The van der Waals surface area contributed by atoms with Crippen LogP contribution in [0.15, 0.2) is 0 Å². The van der Waals surface area contributed by atoms with Gasteiger partial charge in [-0.15, -0.1) is 0 Å². The van der Waals surface area contributed by atoms with E-state index in [1.54, 1.807) is 0 Å². The highest BCUT2D eigenvalue weighted by Crippen LogP contribution is 1.90. The highest BCUT2D eigenvalue weighted by molar-refractivity contribution is 4.56. The van der Waals surface area contributed by atoms with Gasteiger partial charge >= 0.3 is 0 Å². The minimum atomic E-state index is 0.146. The van der Waals surface area contributed by atoms with E-state index in [1.165, 1.54) is 0 Å². The van der Waals surface area contributed by atoms with Crippen molar-refractivity contribution in [3.8, 4) is 0 Å². The summed E-state index contributed by atoms with van der Waals surface area (Å²) in [5.74, 6) is 0. The van der Waals surface area contributed by atoms with Crippen LogP contribution in [0.3, 0.4) is 0 Å². The fraction of sp³-hybridized carbons (Fsp3) is 1.00. The zero-order valence-corrected chi connectivity index (χ0v) is 9.37. The summed E-state index contributed by atoms with van der Waals surface area (Å²) in [5.41, 5.74) is 11.3. The average molecular weight is 204 g/mol. The number of ether oxygens (including phenoxy) is 2. The second-order valence-electron chi connectivity index (χ2n) is 3.49. The molecule has 0 aliphatic rings. The Labute approximate surface area is 86.9 Å². The molecule has 4 N–H and O–H groups in total. The Kier molecular flexibility index (Phi) is 9.29. The van der Waals surface area contributed by atoms with Gasteiger partial charge in [-0.2, -0.15) is 0 Å². The van der Waals surface area contributed by atoms with Crippen molar-refractivity contribution in [1.29, 1.82) is 0 Å². The minimum absolute atomic E-state index is 0.146. The molecular weight excluding hydrogens is 180 g/mol. The summed E-state index contributed by atoms with van der Waals surface area (Å²) in [6.45, 7) is 6.52. The summed E-state index contributed by atoms with van der Waals surface area (Å²) < 4.78 is 10.6. The van der Waals surface area contributed by atoms with E-state index < -0.39 is 0 Å². The third-order valence-corrected chi connectivity index (χ3v) is 2.08. The van der Waals surface area contributed by atoms with Crippen molar-refractivity contribution in [2.75, 3.05) is 26.4 Å². The number of nitrogens with two attached hydrogens (primary N) is 2. The zero-order valence-electron chi connectivity index (χ0n) is 9.37. The Balaban J connectivity index is 3.06. The molecule has 0 saturated carbocycles. The van der Waals surface area contributed by atoms with Gasteiger partial charge in [0.05, 0.1) is 26.4 Å². The molecule has 0 radical (unpaired) electrons. The Hall–Kier alpha value is -0.160. The third-order valence-electron chi connectivity index (χ3n) is 2.08. The molecule has 0 saturated heterocycles. The lowest BCUT2D eigenvalue weighted by Gasteiger charge is -2.11. The molecule has 0 heterocycles. The lowest BCUT2D eigenvalue weighted by molar-refractivity contribution is 0.0375. The molecule has 0 aromatic heterocycles. The first kappa shape index (κ1) is 13.8. The van der Waals surface area contributed by atoms with E-state index in [0.29, 0.717) is 26.4 Å². The summed E-state index contributed by atoms with van der Waals surface area (Å²) in [6.07, 6.45) is 1.89.